The van der Waals surface area contributed by atoms with Gasteiger partial charge in [-0.25, -0.2) is 0 Å². The fourth-order valence-electron chi connectivity index (χ4n) is 3.36. The summed E-state index contributed by atoms with van der Waals surface area (Å²) in [6.07, 6.45) is 4.40. The van der Waals surface area contributed by atoms with Crippen molar-refractivity contribution in [3.8, 4) is 0 Å². The summed E-state index contributed by atoms with van der Waals surface area (Å²) in [5.41, 5.74) is 2.50. The maximum Gasteiger partial charge on any atom is 0.0746 e. The van der Waals surface area contributed by atoms with Crippen LogP contribution in [0.2, 0.25) is 0 Å². The molecule has 2 aromatic rings. The smallest absolute Gasteiger partial charge is 0.0746 e. The molecule has 3 rings (SSSR count). The van der Waals surface area contributed by atoms with Crippen LogP contribution in [0.25, 0.3) is 10.9 Å². The highest BCUT2D eigenvalue weighted by atomic mass is 15.2. The van der Waals surface area contributed by atoms with Gasteiger partial charge in [-0.15, -0.1) is 0 Å². The standard InChI is InChI=1S/C18H25N3/c1-3-6-17-11-20-14(2)12-21(17)13-16-8-4-7-15-9-5-10-19-18(15)16/h4-5,7-10,14,17,20H,3,6,11-13H2,1-2H3. The first-order valence-electron chi connectivity index (χ1n) is 8.08. The Hall–Kier alpha value is -1.45. The molecule has 1 fully saturated rings. The number of para-hydroxylation sites is 1. The van der Waals surface area contributed by atoms with Gasteiger partial charge in [-0.05, 0) is 25.0 Å². The van der Waals surface area contributed by atoms with Crippen LogP contribution in [-0.2, 0) is 6.54 Å². The van der Waals surface area contributed by atoms with E-state index in [-0.39, 0.29) is 0 Å². The van der Waals surface area contributed by atoms with Gasteiger partial charge in [0.05, 0.1) is 5.52 Å². The fourth-order valence-corrected chi connectivity index (χ4v) is 3.36. The highest BCUT2D eigenvalue weighted by Crippen LogP contribution is 2.21. The Morgan fingerprint density at radius 2 is 2.14 bits per heavy atom. The lowest BCUT2D eigenvalue weighted by Crippen LogP contribution is -2.54. The van der Waals surface area contributed by atoms with Crippen LogP contribution < -0.4 is 5.32 Å². The Kier molecular flexibility index (Phi) is 4.51. The second-order valence-electron chi connectivity index (χ2n) is 6.17. The van der Waals surface area contributed by atoms with E-state index in [9.17, 15) is 0 Å². The van der Waals surface area contributed by atoms with Gasteiger partial charge in [-0.2, -0.15) is 0 Å². The zero-order chi connectivity index (χ0) is 14.7. The summed E-state index contributed by atoms with van der Waals surface area (Å²) >= 11 is 0. The van der Waals surface area contributed by atoms with Gasteiger partial charge in [0.25, 0.3) is 0 Å². The van der Waals surface area contributed by atoms with E-state index in [0.717, 1.165) is 25.2 Å². The summed E-state index contributed by atoms with van der Waals surface area (Å²) < 4.78 is 0. The van der Waals surface area contributed by atoms with Crippen LogP contribution >= 0.6 is 0 Å². The van der Waals surface area contributed by atoms with E-state index < -0.39 is 0 Å². The number of rotatable bonds is 4. The van der Waals surface area contributed by atoms with E-state index in [0.29, 0.717) is 12.1 Å². The van der Waals surface area contributed by atoms with E-state index in [2.05, 4.69) is 53.3 Å². The molecule has 0 radical (unpaired) electrons. The Bertz CT molecular complexity index is 591. The topological polar surface area (TPSA) is 28.2 Å². The number of hydrogen-bond donors (Lipinski definition) is 1. The molecule has 3 heteroatoms. The van der Waals surface area contributed by atoms with Crippen molar-refractivity contribution in [1.29, 1.82) is 0 Å². The molecular weight excluding hydrogens is 258 g/mol. The molecule has 1 saturated heterocycles. The third-order valence-electron chi connectivity index (χ3n) is 4.44. The van der Waals surface area contributed by atoms with Crippen LogP contribution in [0.5, 0.6) is 0 Å². The predicted molar refractivity (Wildman–Crippen MR) is 88.3 cm³/mol. The highest BCUT2D eigenvalue weighted by Gasteiger charge is 2.25. The predicted octanol–water partition coefficient (Wildman–Crippen LogP) is 3.20. The average Bonchev–Trinajstić information content (AvgIpc) is 2.50. The van der Waals surface area contributed by atoms with Gasteiger partial charge in [0, 0.05) is 43.3 Å². The molecule has 0 bridgehead atoms. The summed E-state index contributed by atoms with van der Waals surface area (Å²) in [5, 5.41) is 4.85. The van der Waals surface area contributed by atoms with E-state index in [1.54, 1.807) is 0 Å². The Balaban J connectivity index is 1.85. The van der Waals surface area contributed by atoms with E-state index >= 15 is 0 Å². The van der Waals surface area contributed by atoms with E-state index in [1.807, 2.05) is 12.3 Å². The van der Waals surface area contributed by atoms with Gasteiger partial charge in [0.2, 0.25) is 0 Å². The molecule has 2 heterocycles. The molecule has 0 saturated carbocycles. The monoisotopic (exact) mass is 283 g/mol. The third kappa shape index (κ3) is 3.25. The molecule has 1 aromatic heterocycles. The lowest BCUT2D eigenvalue weighted by atomic mass is 10.0. The molecule has 0 amide bonds. The van der Waals surface area contributed by atoms with Crippen LogP contribution in [0.3, 0.4) is 0 Å². The quantitative estimate of drug-likeness (QED) is 0.934. The average molecular weight is 283 g/mol. The van der Waals surface area contributed by atoms with Gasteiger partial charge in [-0.1, -0.05) is 37.6 Å². The second kappa shape index (κ2) is 6.54. The van der Waals surface area contributed by atoms with Crippen LogP contribution in [0.1, 0.15) is 32.3 Å². The number of pyridine rings is 1. The first kappa shape index (κ1) is 14.5. The zero-order valence-electron chi connectivity index (χ0n) is 13.0. The SMILES string of the molecule is CCCC1CNC(C)CN1Cc1cccc2cccnc12. The summed E-state index contributed by atoms with van der Waals surface area (Å²) in [7, 11) is 0. The number of piperazine rings is 1. The minimum atomic E-state index is 0.570. The molecule has 2 atom stereocenters. The van der Waals surface area contributed by atoms with Gasteiger partial charge in [0.15, 0.2) is 0 Å². The number of benzene rings is 1. The molecule has 1 aliphatic rings. The van der Waals surface area contributed by atoms with Crippen molar-refractivity contribution < 1.29 is 0 Å². The van der Waals surface area contributed by atoms with Crippen molar-refractivity contribution in [3.05, 3.63) is 42.1 Å². The van der Waals surface area contributed by atoms with Gasteiger partial charge >= 0.3 is 0 Å². The molecule has 3 nitrogen and oxygen atoms in total. The van der Waals surface area contributed by atoms with Crippen molar-refractivity contribution in [2.45, 2.75) is 45.3 Å². The number of hydrogen-bond acceptors (Lipinski definition) is 3. The number of nitrogens with zero attached hydrogens (tertiary/aromatic N) is 2. The lowest BCUT2D eigenvalue weighted by molar-refractivity contribution is 0.120. The van der Waals surface area contributed by atoms with E-state index in [4.69, 9.17) is 0 Å². The lowest BCUT2D eigenvalue weighted by Gasteiger charge is -2.39. The molecule has 1 aromatic carbocycles. The van der Waals surface area contributed by atoms with Crippen LogP contribution in [0, 0.1) is 0 Å². The molecule has 21 heavy (non-hydrogen) atoms. The normalized spacial score (nSPS) is 23.5. The van der Waals surface area contributed by atoms with Gasteiger partial charge in [-0.3, -0.25) is 9.88 Å². The van der Waals surface area contributed by atoms with Gasteiger partial charge in [0.1, 0.15) is 0 Å². The minimum Gasteiger partial charge on any atom is -0.311 e. The largest absolute Gasteiger partial charge is 0.311 e. The molecule has 2 unspecified atom stereocenters. The summed E-state index contributed by atoms with van der Waals surface area (Å²) in [6.45, 7) is 7.78. The second-order valence-corrected chi connectivity index (χ2v) is 6.17. The van der Waals surface area contributed by atoms with Crippen molar-refractivity contribution in [2.75, 3.05) is 13.1 Å². The summed E-state index contributed by atoms with van der Waals surface area (Å²) in [5.74, 6) is 0. The zero-order valence-corrected chi connectivity index (χ0v) is 13.0. The molecule has 112 valence electrons. The highest BCUT2D eigenvalue weighted by molar-refractivity contribution is 5.81. The number of nitrogens with one attached hydrogen (secondary N) is 1. The molecule has 1 N–H and O–H groups in total. The fraction of sp³-hybridized carbons (Fsp3) is 0.500. The van der Waals surface area contributed by atoms with Crippen molar-refractivity contribution in [1.82, 2.24) is 15.2 Å². The van der Waals surface area contributed by atoms with Crippen molar-refractivity contribution in [2.24, 2.45) is 0 Å². The maximum absolute atomic E-state index is 4.59. The van der Waals surface area contributed by atoms with Crippen LogP contribution in [0.4, 0.5) is 0 Å². The summed E-state index contributed by atoms with van der Waals surface area (Å²) in [6, 6.07) is 11.9. The first-order valence-corrected chi connectivity index (χ1v) is 8.08. The van der Waals surface area contributed by atoms with E-state index in [1.165, 1.54) is 23.8 Å². The Labute approximate surface area is 127 Å². The Morgan fingerprint density at radius 1 is 1.29 bits per heavy atom. The van der Waals surface area contributed by atoms with Gasteiger partial charge < -0.3 is 5.32 Å². The maximum atomic E-state index is 4.59. The minimum absolute atomic E-state index is 0.570. The number of fused-ring (bicyclic) bond motifs is 1. The molecular formula is C18H25N3. The summed E-state index contributed by atoms with van der Waals surface area (Å²) in [4.78, 5) is 7.23. The van der Waals surface area contributed by atoms with Crippen molar-refractivity contribution in [3.63, 3.8) is 0 Å². The molecule has 0 spiro atoms. The molecule has 1 aliphatic heterocycles. The Morgan fingerprint density at radius 3 is 3.00 bits per heavy atom. The van der Waals surface area contributed by atoms with Crippen molar-refractivity contribution >= 4 is 10.9 Å². The molecule has 0 aliphatic carbocycles. The van der Waals surface area contributed by atoms with Crippen LogP contribution in [0.15, 0.2) is 36.5 Å². The third-order valence-corrected chi connectivity index (χ3v) is 4.44. The van der Waals surface area contributed by atoms with Crippen LogP contribution in [-0.4, -0.2) is 35.1 Å². The number of aromatic nitrogens is 1. The first-order chi connectivity index (χ1) is 10.3.